The number of carbonyl (C=O) groups is 8. The van der Waals surface area contributed by atoms with Gasteiger partial charge in [0.05, 0.1) is 73.6 Å². The Morgan fingerprint density at radius 3 is 1.62 bits per heavy atom. The third kappa shape index (κ3) is 22.6. The first kappa shape index (κ1) is 79.9. The van der Waals surface area contributed by atoms with Crippen LogP contribution in [0.1, 0.15) is 169 Å². The molecule has 103 heavy (non-hydrogen) atoms. The number of esters is 2. The summed E-state index contributed by atoms with van der Waals surface area (Å²) in [6.07, 6.45) is 12.3. The van der Waals surface area contributed by atoms with E-state index in [9.17, 15) is 38.4 Å². The molecule has 0 bridgehead atoms. The lowest BCUT2D eigenvalue weighted by atomic mass is 9.44. The van der Waals surface area contributed by atoms with E-state index in [1.807, 2.05) is 0 Å². The molecule has 2 aromatic heterocycles. The third-order valence-corrected chi connectivity index (χ3v) is 20.9. The summed E-state index contributed by atoms with van der Waals surface area (Å²) < 4.78 is 53.1. The number of hydrogen-bond acceptors (Lipinski definition) is 21. The van der Waals surface area contributed by atoms with Gasteiger partial charge in [0.25, 0.3) is 0 Å². The quantitative estimate of drug-likeness (QED) is 0.0257. The minimum absolute atomic E-state index is 0.00216. The molecule has 29 heteroatoms. The number of methoxy groups -OCH3 is 4. The molecule has 6 amide bonds. The molecule has 11 atom stereocenters. The van der Waals surface area contributed by atoms with Crippen molar-refractivity contribution in [2.24, 2.45) is 46.3 Å². The lowest BCUT2D eigenvalue weighted by Gasteiger charge is -2.61. The lowest BCUT2D eigenvalue weighted by molar-refractivity contribution is -0.167. The van der Waals surface area contributed by atoms with Gasteiger partial charge in [0.15, 0.2) is 0 Å². The van der Waals surface area contributed by atoms with E-state index in [0.717, 1.165) is 44.9 Å². The van der Waals surface area contributed by atoms with Crippen LogP contribution in [-0.2, 0) is 91.8 Å². The summed E-state index contributed by atoms with van der Waals surface area (Å²) in [5.74, 6) is 2.58. The number of carbonyl (C=O) groups excluding carboxylic acids is 8. The van der Waals surface area contributed by atoms with E-state index in [0.29, 0.717) is 87.4 Å². The van der Waals surface area contributed by atoms with Crippen LogP contribution in [0.3, 0.4) is 0 Å². The van der Waals surface area contributed by atoms with E-state index in [1.54, 1.807) is 114 Å². The molecule has 2 aromatic carbocycles. The number of rotatable bonds is 33. The molecule has 2 heterocycles. The number of hydrogen-bond donors (Lipinski definition) is 4. The summed E-state index contributed by atoms with van der Waals surface area (Å²) in [5, 5.41) is 27.7. The van der Waals surface area contributed by atoms with E-state index < -0.39 is 78.2 Å². The zero-order valence-electron chi connectivity index (χ0n) is 62.9. The van der Waals surface area contributed by atoms with Gasteiger partial charge in [-0.1, -0.05) is 31.2 Å². The topological polar surface area (TPSA) is 336 Å². The number of nitrogens with one attached hydrogen (secondary N) is 4. The summed E-state index contributed by atoms with van der Waals surface area (Å²) in [4.78, 5) is 108. The maximum atomic E-state index is 13.5. The molecule has 0 radical (unpaired) electrons. The van der Waals surface area contributed by atoms with Crippen LogP contribution in [0.2, 0.25) is 0 Å². The Morgan fingerprint density at radius 2 is 1.12 bits per heavy atom. The summed E-state index contributed by atoms with van der Waals surface area (Å²) in [7, 11) is 6.05. The minimum Gasteiger partial charge on any atom is -0.497 e. The SMILES string of the molecule is COc1ccc(CN(CC(=O)N[C@@H](C)Cn2cc(COCC(=O)O[C@@H]3CC[C@@]4(C)[C@H](CC[C@@H]5[C@@H]4CC[C@]4(C)[C@@H]([C@H](C)CCC(=O)OCc6cn(C[C@H](C)NC(=O)CN(Cc7ccc(OC)cc7OC)C(=O)CNC(=O)OC(C)(C)C)nn6)CC[C@@H]54)C3)nn2)C(=O)CNC(=O)OC(C)(C)C)c(OC)c1. The van der Waals surface area contributed by atoms with Gasteiger partial charge >= 0.3 is 24.1 Å². The molecular weight excluding hydrogens is 1330 g/mol. The Kier molecular flexibility index (Phi) is 27.6. The molecule has 568 valence electrons. The van der Waals surface area contributed by atoms with Crippen LogP contribution in [0.4, 0.5) is 9.59 Å². The van der Waals surface area contributed by atoms with Crippen LogP contribution in [0, 0.1) is 46.3 Å². The standard InChI is InChI=1S/C74H110N12O17/c1-46(16-25-67(91)100-44-53-40-86(82-80-53)36-48(3)78-64(88)42-84(66(90)34-76-70(94)103-72(7,8)9)38-50-18-21-55(96-13)32-62(50)98-15)58-23-24-59-57-22-19-51-30-56(26-28-73(51,10)60(57)27-29-74(58,59)11)101-68(92)45-99-43-52-39-85(81-79-52)35-47(2)77-63(87)41-83(65(89)33-75-69(93)102-71(4,5)6)37-49-17-20-54(95-12)31-61(49)97-14/h17-18,20-21,31-32,39-40,46-48,51,56-60H,16,19,22-30,33-38,41-45H2,1-15H3,(H,75,93)(H,76,94)(H,77,87)(H,78,88)/t46-,47+,48+,51-,56-,57+,58-,59+,60+,73+,74-/m1/s1. The number of benzene rings is 2. The van der Waals surface area contributed by atoms with Crippen molar-refractivity contribution in [3.05, 3.63) is 71.3 Å². The van der Waals surface area contributed by atoms with Gasteiger partial charge in [-0.25, -0.2) is 14.4 Å². The third-order valence-electron chi connectivity index (χ3n) is 20.9. The van der Waals surface area contributed by atoms with E-state index >= 15 is 0 Å². The highest BCUT2D eigenvalue weighted by atomic mass is 16.6. The van der Waals surface area contributed by atoms with Crippen molar-refractivity contribution in [1.82, 2.24) is 61.1 Å². The smallest absolute Gasteiger partial charge is 0.408 e. The molecule has 4 saturated carbocycles. The fourth-order valence-electron chi connectivity index (χ4n) is 16.1. The van der Waals surface area contributed by atoms with Crippen molar-refractivity contribution in [3.63, 3.8) is 0 Å². The maximum absolute atomic E-state index is 13.5. The van der Waals surface area contributed by atoms with Crippen LogP contribution in [0.25, 0.3) is 0 Å². The second-order valence-corrected chi connectivity index (χ2v) is 30.8. The van der Waals surface area contributed by atoms with Crippen molar-refractivity contribution in [3.8, 4) is 23.0 Å². The first-order valence-electron chi connectivity index (χ1n) is 36.0. The molecule has 4 aromatic rings. The van der Waals surface area contributed by atoms with Crippen molar-refractivity contribution >= 4 is 47.8 Å². The Morgan fingerprint density at radius 1 is 0.612 bits per heavy atom. The summed E-state index contributed by atoms with van der Waals surface area (Å²) >= 11 is 0. The van der Waals surface area contributed by atoms with Gasteiger partial charge in [-0.15, -0.1) is 10.2 Å². The molecule has 0 saturated heterocycles. The Hall–Kier alpha value is -8.76. The molecule has 4 aliphatic carbocycles. The lowest BCUT2D eigenvalue weighted by Crippen LogP contribution is -2.54. The average Bonchev–Trinajstić information content (AvgIpc) is 1.68. The van der Waals surface area contributed by atoms with Gasteiger partial charge < -0.3 is 73.7 Å². The second-order valence-electron chi connectivity index (χ2n) is 30.8. The number of fused-ring (bicyclic) bond motifs is 5. The van der Waals surface area contributed by atoms with E-state index in [1.165, 1.54) is 57.5 Å². The van der Waals surface area contributed by atoms with Gasteiger partial charge in [-0.2, -0.15) is 0 Å². The molecule has 0 spiro atoms. The van der Waals surface area contributed by atoms with Crippen LogP contribution in [0.5, 0.6) is 23.0 Å². The Labute approximate surface area is 604 Å². The highest BCUT2D eigenvalue weighted by Crippen LogP contribution is 2.68. The Balaban J connectivity index is 0.725. The number of aromatic nitrogens is 6. The largest absolute Gasteiger partial charge is 0.497 e. The molecule has 4 fully saturated rings. The van der Waals surface area contributed by atoms with Gasteiger partial charge in [0.2, 0.25) is 23.6 Å². The van der Waals surface area contributed by atoms with E-state index in [-0.39, 0.29) is 82.0 Å². The number of alkyl carbamates (subject to hydrolysis) is 2. The monoisotopic (exact) mass is 1440 g/mol. The molecule has 0 unspecified atom stereocenters. The van der Waals surface area contributed by atoms with E-state index in [4.69, 9.17) is 42.6 Å². The minimum atomic E-state index is -0.771. The first-order chi connectivity index (χ1) is 48.8. The number of amides is 6. The van der Waals surface area contributed by atoms with Crippen molar-refractivity contribution < 1.29 is 81.0 Å². The van der Waals surface area contributed by atoms with Gasteiger partial charge in [-0.3, -0.25) is 33.3 Å². The van der Waals surface area contributed by atoms with Crippen LogP contribution < -0.4 is 40.2 Å². The zero-order chi connectivity index (χ0) is 75.0. The highest BCUT2D eigenvalue weighted by molar-refractivity contribution is 5.88. The second kappa shape index (κ2) is 35.6. The normalized spacial score (nSPS) is 22.2. The zero-order valence-corrected chi connectivity index (χ0v) is 62.9. The fourth-order valence-corrected chi connectivity index (χ4v) is 16.1. The predicted octanol–water partition coefficient (Wildman–Crippen LogP) is 8.27. The molecule has 29 nitrogen and oxygen atoms in total. The van der Waals surface area contributed by atoms with Gasteiger partial charge in [0.1, 0.15) is 78.0 Å². The predicted molar refractivity (Wildman–Crippen MR) is 377 cm³/mol. The molecule has 8 rings (SSSR count). The highest BCUT2D eigenvalue weighted by Gasteiger charge is 2.61. The van der Waals surface area contributed by atoms with Crippen molar-refractivity contribution in [1.29, 1.82) is 0 Å². The molecule has 4 N–H and O–H groups in total. The molecular formula is C74H110N12O17. The van der Waals surface area contributed by atoms with E-state index in [2.05, 4.69) is 62.7 Å². The molecule has 4 aliphatic rings. The number of nitrogens with zero attached hydrogens (tertiary/aromatic N) is 8. The summed E-state index contributed by atoms with van der Waals surface area (Å²) in [5.41, 5.74) is 1.03. The van der Waals surface area contributed by atoms with Crippen molar-refractivity contribution in [2.75, 3.05) is 61.2 Å². The summed E-state index contributed by atoms with van der Waals surface area (Å²) in [6.45, 7) is 20.0. The fraction of sp³-hybridized carbons (Fsp3) is 0.676. The Bertz CT molecular complexity index is 3570. The van der Waals surface area contributed by atoms with Gasteiger partial charge in [-0.05, 0) is 190 Å². The molecule has 0 aliphatic heterocycles. The average molecular weight is 1440 g/mol. The van der Waals surface area contributed by atoms with Gasteiger partial charge in [0, 0.05) is 54.9 Å². The van der Waals surface area contributed by atoms with Crippen LogP contribution in [-0.4, -0.2) is 178 Å². The summed E-state index contributed by atoms with van der Waals surface area (Å²) in [6, 6.07) is 9.42. The first-order valence-corrected chi connectivity index (χ1v) is 36.0. The van der Waals surface area contributed by atoms with Crippen molar-refractivity contribution in [2.45, 2.75) is 216 Å². The van der Waals surface area contributed by atoms with Crippen LogP contribution >= 0.6 is 0 Å². The maximum Gasteiger partial charge on any atom is 0.408 e. The van der Waals surface area contributed by atoms with Crippen LogP contribution in [0.15, 0.2) is 48.8 Å². The number of ether oxygens (including phenoxy) is 9.